The average molecular weight is 179 g/mol. The Morgan fingerprint density at radius 3 is 2.62 bits per heavy atom. The van der Waals surface area contributed by atoms with E-state index >= 15 is 0 Å². The molecule has 1 aliphatic carbocycles. The van der Waals surface area contributed by atoms with Gasteiger partial charge in [0, 0.05) is 11.5 Å². The molecule has 0 spiro atoms. The zero-order chi connectivity index (χ0) is 9.47. The van der Waals surface area contributed by atoms with Gasteiger partial charge in [-0.3, -0.25) is 0 Å². The van der Waals surface area contributed by atoms with Crippen LogP contribution < -0.4 is 5.73 Å². The smallest absolute Gasteiger partial charge is 0.127 e. The van der Waals surface area contributed by atoms with Gasteiger partial charge in [-0.2, -0.15) is 0 Å². The van der Waals surface area contributed by atoms with Crippen LogP contribution in [0.2, 0.25) is 0 Å². The van der Waals surface area contributed by atoms with E-state index in [1.165, 1.54) is 6.07 Å². The fourth-order valence-corrected chi connectivity index (χ4v) is 2.11. The summed E-state index contributed by atoms with van der Waals surface area (Å²) in [6.45, 7) is 2.07. The summed E-state index contributed by atoms with van der Waals surface area (Å²) < 4.78 is 13.4. The van der Waals surface area contributed by atoms with Crippen molar-refractivity contribution >= 4 is 0 Å². The quantitative estimate of drug-likeness (QED) is 0.740. The Morgan fingerprint density at radius 2 is 2.15 bits per heavy atom. The number of hydrogen-bond donors (Lipinski definition) is 1. The van der Waals surface area contributed by atoms with E-state index in [0.717, 1.165) is 18.4 Å². The van der Waals surface area contributed by atoms with Gasteiger partial charge >= 0.3 is 0 Å². The first-order chi connectivity index (χ1) is 6.20. The minimum Gasteiger partial charge on any atom is -0.327 e. The first-order valence-electron chi connectivity index (χ1n) is 4.71. The van der Waals surface area contributed by atoms with Gasteiger partial charge in [-0.25, -0.2) is 4.39 Å². The van der Waals surface area contributed by atoms with E-state index in [4.69, 9.17) is 5.73 Å². The van der Waals surface area contributed by atoms with Crippen molar-refractivity contribution in [3.05, 3.63) is 35.6 Å². The maximum Gasteiger partial charge on any atom is 0.127 e. The number of halogens is 1. The molecule has 0 saturated heterocycles. The molecule has 2 atom stereocenters. The Kier molecular flexibility index (Phi) is 1.88. The Bertz CT molecular complexity index is 320. The van der Waals surface area contributed by atoms with Crippen molar-refractivity contribution in [2.24, 2.45) is 5.73 Å². The van der Waals surface area contributed by atoms with Crippen LogP contribution in [0.3, 0.4) is 0 Å². The van der Waals surface area contributed by atoms with Gasteiger partial charge in [0.2, 0.25) is 0 Å². The van der Waals surface area contributed by atoms with Crippen LogP contribution in [0.4, 0.5) is 4.39 Å². The zero-order valence-electron chi connectivity index (χ0n) is 7.76. The Labute approximate surface area is 77.8 Å². The molecule has 1 aliphatic rings. The minimum atomic E-state index is -0.114. The van der Waals surface area contributed by atoms with Crippen LogP contribution in [-0.2, 0) is 5.41 Å². The van der Waals surface area contributed by atoms with Gasteiger partial charge in [-0.05, 0) is 24.5 Å². The molecule has 0 bridgehead atoms. The lowest BCUT2D eigenvalue weighted by molar-refractivity contribution is 0.550. The number of rotatable bonds is 2. The first-order valence-corrected chi connectivity index (χ1v) is 4.71. The van der Waals surface area contributed by atoms with E-state index in [1.54, 1.807) is 6.07 Å². The standard InChI is InChI=1S/C11H14FN/c1-2-11(7-10(11)13)8-5-3-4-6-9(8)12/h3-6,10H,2,7,13H2,1H3/t10-,11?/m1/s1. The molecule has 2 rings (SSSR count). The molecule has 1 aromatic carbocycles. The lowest BCUT2D eigenvalue weighted by Crippen LogP contribution is -2.18. The third kappa shape index (κ3) is 1.17. The highest BCUT2D eigenvalue weighted by atomic mass is 19.1. The molecule has 1 fully saturated rings. The van der Waals surface area contributed by atoms with E-state index in [1.807, 2.05) is 12.1 Å². The van der Waals surface area contributed by atoms with Crippen molar-refractivity contribution in [3.8, 4) is 0 Å². The van der Waals surface area contributed by atoms with Crippen molar-refractivity contribution < 1.29 is 4.39 Å². The van der Waals surface area contributed by atoms with Crippen LogP contribution in [0.15, 0.2) is 24.3 Å². The summed E-state index contributed by atoms with van der Waals surface area (Å²) in [5.41, 5.74) is 6.58. The zero-order valence-corrected chi connectivity index (χ0v) is 7.76. The van der Waals surface area contributed by atoms with Crippen LogP contribution in [-0.4, -0.2) is 6.04 Å². The van der Waals surface area contributed by atoms with Crippen LogP contribution in [0.1, 0.15) is 25.3 Å². The summed E-state index contributed by atoms with van der Waals surface area (Å²) in [6, 6.07) is 7.11. The van der Waals surface area contributed by atoms with Crippen molar-refractivity contribution in [3.63, 3.8) is 0 Å². The lowest BCUT2D eigenvalue weighted by Gasteiger charge is -2.14. The van der Waals surface area contributed by atoms with E-state index in [2.05, 4.69) is 6.92 Å². The van der Waals surface area contributed by atoms with Crippen LogP contribution in [0, 0.1) is 5.82 Å². The van der Waals surface area contributed by atoms with E-state index < -0.39 is 0 Å². The average Bonchev–Trinajstić information content (AvgIpc) is 2.79. The lowest BCUT2D eigenvalue weighted by atomic mass is 9.92. The molecule has 1 unspecified atom stereocenters. The molecule has 0 aromatic heterocycles. The van der Waals surface area contributed by atoms with Crippen molar-refractivity contribution in [2.75, 3.05) is 0 Å². The highest BCUT2D eigenvalue weighted by Gasteiger charge is 2.52. The van der Waals surface area contributed by atoms with Crippen molar-refractivity contribution in [2.45, 2.75) is 31.2 Å². The molecule has 70 valence electrons. The molecule has 0 amide bonds. The number of benzene rings is 1. The maximum absolute atomic E-state index is 13.4. The highest BCUT2D eigenvalue weighted by Crippen LogP contribution is 2.50. The predicted octanol–water partition coefficient (Wildman–Crippen LogP) is 2.20. The molecule has 1 nitrogen and oxygen atoms in total. The first kappa shape index (κ1) is 8.70. The van der Waals surface area contributed by atoms with Crippen molar-refractivity contribution in [1.82, 2.24) is 0 Å². The van der Waals surface area contributed by atoms with Crippen LogP contribution >= 0.6 is 0 Å². The normalized spacial score (nSPS) is 31.8. The van der Waals surface area contributed by atoms with Crippen LogP contribution in [0.5, 0.6) is 0 Å². The third-order valence-electron chi connectivity index (χ3n) is 3.17. The monoisotopic (exact) mass is 179 g/mol. The van der Waals surface area contributed by atoms with Crippen LogP contribution in [0.25, 0.3) is 0 Å². The highest BCUT2D eigenvalue weighted by molar-refractivity contribution is 5.36. The summed E-state index contributed by atoms with van der Waals surface area (Å²) in [7, 11) is 0. The topological polar surface area (TPSA) is 26.0 Å². The molecule has 1 aromatic rings. The van der Waals surface area contributed by atoms with E-state index in [-0.39, 0.29) is 17.3 Å². The minimum absolute atomic E-state index is 0.0641. The molecule has 1 saturated carbocycles. The van der Waals surface area contributed by atoms with Gasteiger partial charge in [-0.1, -0.05) is 25.1 Å². The number of nitrogens with two attached hydrogens (primary N) is 1. The molecule has 0 aliphatic heterocycles. The third-order valence-corrected chi connectivity index (χ3v) is 3.17. The second-order valence-corrected chi connectivity index (χ2v) is 3.80. The Hall–Kier alpha value is -0.890. The Balaban J connectivity index is 2.41. The molecule has 2 heteroatoms. The van der Waals surface area contributed by atoms with E-state index in [9.17, 15) is 4.39 Å². The SMILES string of the molecule is CCC1(c2ccccc2F)C[C@H]1N. The fraction of sp³-hybridized carbons (Fsp3) is 0.455. The summed E-state index contributed by atoms with van der Waals surface area (Å²) in [5, 5.41) is 0. The van der Waals surface area contributed by atoms with Crippen molar-refractivity contribution in [1.29, 1.82) is 0 Å². The van der Waals surface area contributed by atoms with Gasteiger partial charge in [0.15, 0.2) is 0 Å². The van der Waals surface area contributed by atoms with E-state index in [0.29, 0.717) is 0 Å². The molecule has 0 heterocycles. The molecular weight excluding hydrogens is 165 g/mol. The second-order valence-electron chi connectivity index (χ2n) is 3.80. The Morgan fingerprint density at radius 1 is 1.54 bits per heavy atom. The summed E-state index contributed by atoms with van der Waals surface area (Å²) in [4.78, 5) is 0. The second kappa shape index (κ2) is 2.81. The summed E-state index contributed by atoms with van der Waals surface area (Å²) in [6.07, 6.45) is 1.85. The largest absolute Gasteiger partial charge is 0.327 e. The molecule has 2 N–H and O–H groups in total. The number of hydrogen-bond acceptors (Lipinski definition) is 1. The van der Waals surface area contributed by atoms with Gasteiger partial charge in [0.25, 0.3) is 0 Å². The molecule has 13 heavy (non-hydrogen) atoms. The van der Waals surface area contributed by atoms with Gasteiger partial charge in [0.05, 0.1) is 0 Å². The van der Waals surface area contributed by atoms with Gasteiger partial charge < -0.3 is 5.73 Å². The maximum atomic E-state index is 13.4. The molecular formula is C11H14FN. The van der Waals surface area contributed by atoms with Gasteiger partial charge in [-0.15, -0.1) is 0 Å². The van der Waals surface area contributed by atoms with Gasteiger partial charge in [0.1, 0.15) is 5.82 Å². The summed E-state index contributed by atoms with van der Waals surface area (Å²) in [5.74, 6) is -0.114. The summed E-state index contributed by atoms with van der Waals surface area (Å²) >= 11 is 0. The fourth-order valence-electron chi connectivity index (χ4n) is 2.11. The molecule has 0 radical (unpaired) electrons. The predicted molar refractivity (Wildman–Crippen MR) is 51.0 cm³/mol.